The van der Waals surface area contributed by atoms with E-state index in [1.807, 2.05) is 13.8 Å². The van der Waals surface area contributed by atoms with Crippen molar-refractivity contribution in [3.8, 4) is 0 Å². The van der Waals surface area contributed by atoms with Crippen molar-refractivity contribution in [1.29, 1.82) is 0 Å². The first-order valence-electron chi connectivity index (χ1n) is 7.50. The summed E-state index contributed by atoms with van der Waals surface area (Å²) in [4.78, 5) is 36.3. The fourth-order valence-electron chi connectivity index (χ4n) is 2.39. The highest BCUT2D eigenvalue weighted by molar-refractivity contribution is 5.97. The average molecular weight is 307 g/mol. The van der Waals surface area contributed by atoms with Gasteiger partial charge in [0.2, 0.25) is 5.91 Å². The molecule has 120 valence electrons. The van der Waals surface area contributed by atoms with Gasteiger partial charge >= 0.3 is 5.69 Å². The first kappa shape index (κ1) is 16.0. The molecule has 2 aromatic rings. The molecule has 0 fully saturated rings. The topological polar surface area (TPSA) is 102 Å². The van der Waals surface area contributed by atoms with E-state index in [2.05, 4.69) is 15.5 Å². The minimum atomic E-state index is -0.424. The number of H-pyrrole nitrogens is 1. The molecule has 0 radical (unpaired) electrons. The van der Waals surface area contributed by atoms with Crippen LogP contribution in [0.25, 0.3) is 11.0 Å². The molecule has 0 saturated heterocycles. The van der Waals surface area contributed by atoms with Crippen molar-refractivity contribution in [3.63, 3.8) is 0 Å². The predicted molar refractivity (Wildman–Crippen MR) is 84.1 cm³/mol. The van der Waals surface area contributed by atoms with Crippen LogP contribution in [0.15, 0.2) is 9.59 Å². The van der Waals surface area contributed by atoms with Crippen molar-refractivity contribution >= 4 is 22.8 Å². The second kappa shape index (κ2) is 6.59. The molecule has 0 aliphatic heterocycles. The van der Waals surface area contributed by atoms with E-state index in [1.54, 1.807) is 0 Å². The molecule has 0 unspecified atom stereocenters. The van der Waals surface area contributed by atoms with Gasteiger partial charge in [0.15, 0.2) is 5.65 Å². The lowest BCUT2D eigenvalue weighted by Gasteiger charge is -2.10. The Kier molecular flexibility index (Phi) is 4.79. The third-order valence-corrected chi connectivity index (χ3v) is 3.41. The Balaban J connectivity index is 2.76. The van der Waals surface area contributed by atoms with Crippen LogP contribution in [0.4, 0.5) is 5.82 Å². The van der Waals surface area contributed by atoms with Crippen LogP contribution in [0, 0.1) is 0 Å². The van der Waals surface area contributed by atoms with Gasteiger partial charge < -0.3 is 5.32 Å². The number of aromatic amines is 1. The lowest BCUT2D eigenvalue weighted by Crippen LogP contribution is -2.40. The number of nitrogens with zero attached hydrogens (tertiary/aromatic N) is 3. The highest BCUT2D eigenvalue weighted by atomic mass is 16.2. The standard InChI is InChI=1S/C14H21N5O3/c1-4-6-8-18-12-10(11(16-17-12)15-9(3)20)13(21)19(7-5-2)14(18)22/h4-8H2,1-3H3,(H2,15,16,17,20). The van der Waals surface area contributed by atoms with Crippen LogP contribution in [-0.2, 0) is 17.9 Å². The second-order valence-corrected chi connectivity index (χ2v) is 5.22. The molecule has 0 spiro atoms. The molecule has 22 heavy (non-hydrogen) atoms. The number of carbonyl (C=O) groups is 1. The maximum absolute atomic E-state index is 12.6. The smallest absolute Gasteiger partial charge is 0.311 e. The molecule has 2 rings (SSSR count). The van der Waals surface area contributed by atoms with Gasteiger partial charge in [0.05, 0.1) is 0 Å². The van der Waals surface area contributed by atoms with Crippen LogP contribution < -0.4 is 16.6 Å². The number of carbonyl (C=O) groups excluding carboxylic acids is 1. The molecule has 0 aromatic carbocycles. The van der Waals surface area contributed by atoms with Gasteiger partial charge in [-0.3, -0.25) is 23.8 Å². The van der Waals surface area contributed by atoms with Crippen LogP contribution >= 0.6 is 0 Å². The number of hydrogen-bond donors (Lipinski definition) is 2. The molecule has 2 aromatic heterocycles. The van der Waals surface area contributed by atoms with Gasteiger partial charge in [0.1, 0.15) is 11.2 Å². The Morgan fingerprint density at radius 2 is 1.91 bits per heavy atom. The largest absolute Gasteiger partial charge is 0.332 e. The Bertz CT molecular complexity index is 799. The van der Waals surface area contributed by atoms with Crippen molar-refractivity contribution in [1.82, 2.24) is 19.3 Å². The lowest BCUT2D eigenvalue weighted by molar-refractivity contribution is -0.114. The monoisotopic (exact) mass is 307 g/mol. The number of nitrogens with one attached hydrogen (secondary N) is 2. The highest BCUT2D eigenvalue weighted by Gasteiger charge is 2.19. The van der Waals surface area contributed by atoms with Crippen LogP contribution in [0.1, 0.15) is 40.0 Å². The quantitative estimate of drug-likeness (QED) is 0.833. The molecule has 0 bridgehead atoms. The maximum Gasteiger partial charge on any atom is 0.332 e. The Hall–Kier alpha value is -2.38. The Labute approximate surface area is 127 Å². The minimum Gasteiger partial charge on any atom is -0.311 e. The minimum absolute atomic E-state index is 0.239. The number of fused-ring (bicyclic) bond motifs is 1. The molecule has 8 heteroatoms. The lowest BCUT2D eigenvalue weighted by atomic mass is 10.3. The molecule has 0 saturated carbocycles. The summed E-state index contributed by atoms with van der Waals surface area (Å²) in [6.07, 6.45) is 2.40. The van der Waals surface area contributed by atoms with E-state index in [0.717, 1.165) is 12.8 Å². The van der Waals surface area contributed by atoms with Crippen molar-refractivity contribution in [2.24, 2.45) is 0 Å². The molecule has 1 amide bonds. The van der Waals surface area contributed by atoms with E-state index in [9.17, 15) is 14.4 Å². The van der Waals surface area contributed by atoms with Gasteiger partial charge in [0, 0.05) is 20.0 Å². The van der Waals surface area contributed by atoms with Gasteiger partial charge in [-0.15, -0.1) is 0 Å². The van der Waals surface area contributed by atoms with Crippen LogP contribution in [0.5, 0.6) is 0 Å². The van der Waals surface area contributed by atoms with E-state index in [-0.39, 0.29) is 22.8 Å². The van der Waals surface area contributed by atoms with Crippen molar-refractivity contribution < 1.29 is 4.79 Å². The number of anilines is 1. The molecule has 0 atom stereocenters. The van der Waals surface area contributed by atoms with Gasteiger partial charge in [0.25, 0.3) is 5.56 Å². The fraction of sp³-hybridized carbons (Fsp3) is 0.571. The van der Waals surface area contributed by atoms with Crippen molar-refractivity contribution in [2.45, 2.75) is 53.1 Å². The zero-order chi connectivity index (χ0) is 16.3. The number of rotatable bonds is 6. The normalized spacial score (nSPS) is 11.0. The van der Waals surface area contributed by atoms with E-state index >= 15 is 0 Å². The van der Waals surface area contributed by atoms with Gasteiger partial charge in [-0.05, 0) is 12.8 Å². The predicted octanol–water partition coefficient (Wildman–Crippen LogP) is 1.05. The maximum atomic E-state index is 12.6. The summed E-state index contributed by atoms with van der Waals surface area (Å²) >= 11 is 0. The summed E-state index contributed by atoms with van der Waals surface area (Å²) in [6.45, 7) is 6.10. The third kappa shape index (κ3) is 2.81. The van der Waals surface area contributed by atoms with Gasteiger partial charge in [-0.2, -0.15) is 5.10 Å². The highest BCUT2D eigenvalue weighted by Crippen LogP contribution is 2.15. The molecule has 2 heterocycles. The SMILES string of the molecule is CCCCn1c(=O)n(CCC)c(=O)c2c(NC(C)=O)[nH]nc21. The van der Waals surface area contributed by atoms with E-state index in [0.29, 0.717) is 25.2 Å². The fourth-order valence-corrected chi connectivity index (χ4v) is 2.39. The summed E-state index contributed by atoms with van der Waals surface area (Å²) in [6, 6.07) is 0. The van der Waals surface area contributed by atoms with Crippen LogP contribution in [-0.4, -0.2) is 25.2 Å². The van der Waals surface area contributed by atoms with Crippen molar-refractivity contribution in [3.05, 3.63) is 20.8 Å². The summed E-state index contributed by atoms with van der Waals surface area (Å²) < 4.78 is 2.70. The zero-order valence-electron chi connectivity index (χ0n) is 13.1. The molecular weight excluding hydrogens is 286 g/mol. The number of amides is 1. The number of aryl methyl sites for hydroxylation is 1. The zero-order valence-corrected chi connectivity index (χ0v) is 13.1. The Morgan fingerprint density at radius 1 is 1.18 bits per heavy atom. The summed E-state index contributed by atoms with van der Waals surface area (Å²) in [5.41, 5.74) is -0.486. The molecule has 8 nitrogen and oxygen atoms in total. The number of aromatic nitrogens is 4. The first-order valence-corrected chi connectivity index (χ1v) is 7.50. The summed E-state index contributed by atoms with van der Waals surface area (Å²) in [7, 11) is 0. The third-order valence-electron chi connectivity index (χ3n) is 3.41. The second-order valence-electron chi connectivity index (χ2n) is 5.22. The van der Waals surface area contributed by atoms with Crippen LogP contribution in [0.3, 0.4) is 0 Å². The van der Waals surface area contributed by atoms with Gasteiger partial charge in [-0.1, -0.05) is 20.3 Å². The van der Waals surface area contributed by atoms with Crippen LogP contribution in [0.2, 0.25) is 0 Å². The first-order chi connectivity index (χ1) is 10.5. The van der Waals surface area contributed by atoms with E-state index < -0.39 is 5.56 Å². The molecule has 2 N–H and O–H groups in total. The molecular formula is C14H21N5O3. The summed E-state index contributed by atoms with van der Waals surface area (Å²) in [5.74, 6) is -0.0686. The number of unbranched alkanes of at least 4 members (excludes halogenated alkanes) is 1. The van der Waals surface area contributed by atoms with Gasteiger partial charge in [-0.25, -0.2) is 4.79 Å². The van der Waals surface area contributed by atoms with E-state index in [4.69, 9.17) is 0 Å². The molecule has 0 aliphatic carbocycles. The van der Waals surface area contributed by atoms with E-state index in [1.165, 1.54) is 16.1 Å². The Morgan fingerprint density at radius 3 is 2.50 bits per heavy atom. The van der Waals surface area contributed by atoms with Crippen molar-refractivity contribution in [2.75, 3.05) is 5.32 Å². The molecule has 0 aliphatic rings. The number of hydrogen-bond acceptors (Lipinski definition) is 4. The average Bonchev–Trinajstić information content (AvgIpc) is 2.86. The summed E-state index contributed by atoms with van der Waals surface area (Å²) in [5, 5.41) is 9.51.